The zero-order valence-corrected chi connectivity index (χ0v) is 12.3. The molecule has 0 aromatic carbocycles. The second-order valence-electron chi connectivity index (χ2n) is 6.36. The Morgan fingerprint density at radius 2 is 2.22 bits per heavy atom. The van der Waals surface area contributed by atoms with Gasteiger partial charge in [-0.25, -0.2) is 0 Å². The van der Waals surface area contributed by atoms with Crippen LogP contribution in [0.3, 0.4) is 0 Å². The van der Waals surface area contributed by atoms with E-state index in [-0.39, 0.29) is 0 Å². The maximum atomic E-state index is 5.69. The monoisotopic (exact) mass is 254 g/mol. The Morgan fingerprint density at radius 1 is 1.39 bits per heavy atom. The molecule has 0 saturated carbocycles. The molecule has 0 bridgehead atoms. The Labute approximate surface area is 112 Å². The van der Waals surface area contributed by atoms with Gasteiger partial charge < -0.3 is 10.1 Å². The fourth-order valence-electron chi connectivity index (χ4n) is 3.25. The molecule has 0 radical (unpaired) electrons. The third-order valence-corrected chi connectivity index (χ3v) is 4.75. The normalized spacial score (nSPS) is 36.5. The molecule has 0 spiro atoms. The summed E-state index contributed by atoms with van der Waals surface area (Å²) in [6.45, 7) is 12.6. The summed E-state index contributed by atoms with van der Waals surface area (Å²) in [6, 6.07) is 0.595. The first-order chi connectivity index (χ1) is 8.66. The molecule has 2 rings (SSSR count). The van der Waals surface area contributed by atoms with E-state index < -0.39 is 0 Å². The number of piperidine rings is 1. The largest absolute Gasteiger partial charge is 0.376 e. The summed E-state index contributed by atoms with van der Waals surface area (Å²) in [5.74, 6) is 1.75. The molecular formula is C15H30N2O. The molecule has 0 aliphatic carbocycles. The van der Waals surface area contributed by atoms with Crippen molar-refractivity contribution in [2.24, 2.45) is 11.8 Å². The number of morpholine rings is 1. The predicted octanol–water partition coefficient (Wildman–Crippen LogP) is 2.12. The van der Waals surface area contributed by atoms with Crippen LogP contribution in [0.1, 0.15) is 40.0 Å². The van der Waals surface area contributed by atoms with Crippen LogP contribution in [0.2, 0.25) is 0 Å². The topological polar surface area (TPSA) is 24.5 Å². The van der Waals surface area contributed by atoms with Crippen molar-refractivity contribution in [2.75, 3.05) is 32.8 Å². The van der Waals surface area contributed by atoms with Gasteiger partial charge >= 0.3 is 0 Å². The number of hydrogen-bond acceptors (Lipinski definition) is 3. The van der Waals surface area contributed by atoms with Crippen molar-refractivity contribution in [2.45, 2.75) is 52.2 Å². The highest BCUT2D eigenvalue weighted by Gasteiger charge is 2.25. The van der Waals surface area contributed by atoms with Gasteiger partial charge in [0.25, 0.3) is 0 Å². The summed E-state index contributed by atoms with van der Waals surface area (Å²) >= 11 is 0. The van der Waals surface area contributed by atoms with E-state index in [2.05, 4.69) is 31.0 Å². The molecule has 0 aromatic rings. The highest BCUT2D eigenvalue weighted by atomic mass is 16.5. The van der Waals surface area contributed by atoms with Gasteiger partial charge in [-0.2, -0.15) is 0 Å². The SMILES string of the molecule is CC1CN(CCC(C)C2CCCNC2)C(C)CO1. The molecule has 2 aliphatic heterocycles. The average molecular weight is 254 g/mol. The second kappa shape index (κ2) is 6.88. The van der Waals surface area contributed by atoms with Crippen LogP contribution < -0.4 is 5.32 Å². The van der Waals surface area contributed by atoms with E-state index in [0.29, 0.717) is 12.1 Å². The average Bonchev–Trinajstić information content (AvgIpc) is 2.40. The molecule has 2 fully saturated rings. The molecular weight excluding hydrogens is 224 g/mol. The van der Waals surface area contributed by atoms with E-state index in [1.807, 2.05) is 0 Å². The van der Waals surface area contributed by atoms with Crippen LogP contribution in [0.5, 0.6) is 0 Å². The van der Waals surface area contributed by atoms with E-state index in [1.165, 1.54) is 38.9 Å². The Morgan fingerprint density at radius 3 is 2.94 bits per heavy atom. The molecule has 4 atom stereocenters. The van der Waals surface area contributed by atoms with E-state index in [4.69, 9.17) is 4.74 Å². The van der Waals surface area contributed by atoms with Crippen LogP contribution in [-0.2, 0) is 4.74 Å². The number of nitrogens with one attached hydrogen (secondary N) is 1. The molecule has 2 aliphatic rings. The van der Waals surface area contributed by atoms with Crippen LogP contribution in [-0.4, -0.2) is 49.8 Å². The minimum Gasteiger partial charge on any atom is -0.376 e. The lowest BCUT2D eigenvalue weighted by Gasteiger charge is -2.38. The third kappa shape index (κ3) is 3.94. The fourth-order valence-corrected chi connectivity index (χ4v) is 3.25. The first kappa shape index (κ1) is 14.3. The molecule has 4 unspecified atom stereocenters. The zero-order chi connectivity index (χ0) is 13.0. The van der Waals surface area contributed by atoms with E-state index in [0.717, 1.165) is 25.0 Å². The Kier molecular flexibility index (Phi) is 5.46. The van der Waals surface area contributed by atoms with Gasteiger partial charge in [0.05, 0.1) is 12.7 Å². The molecule has 3 heteroatoms. The fraction of sp³-hybridized carbons (Fsp3) is 1.00. The number of hydrogen-bond donors (Lipinski definition) is 1. The van der Waals surface area contributed by atoms with Crippen LogP contribution in [0, 0.1) is 11.8 Å². The smallest absolute Gasteiger partial charge is 0.0674 e. The maximum Gasteiger partial charge on any atom is 0.0674 e. The van der Waals surface area contributed by atoms with E-state index in [1.54, 1.807) is 0 Å². The lowest BCUT2D eigenvalue weighted by atomic mass is 9.85. The summed E-state index contributed by atoms with van der Waals surface area (Å²) in [5.41, 5.74) is 0. The molecule has 106 valence electrons. The van der Waals surface area contributed by atoms with Crippen molar-refractivity contribution in [3.05, 3.63) is 0 Å². The molecule has 3 nitrogen and oxygen atoms in total. The predicted molar refractivity (Wildman–Crippen MR) is 75.8 cm³/mol. The van der Waals surface area contributed by atoms with Gasteiger partial charge in [0, 0.05) is 12.6 Å². The summed E-state index contributed by atoms with van der Waals surface area (Å²) in [4.78, 5) is 2.61. The van der Waals surface area contributed by atoms with Gasteiger partial charge in [-0.05, 0) is 64.6 Å². The summed E-state index contributed by atoms with van der Waals surface area (Å²) in [5, 5.41) is 3.54. The van der Waals surface area contributed by atoms with Crippen LogP contribution in [0.4, 0.5) is 0 Å². The molecule has 18 heavy (non-hydrogen) atoms. The molecule has 2 heterocycles. The standard InChI is InChI=1S/C15H30N2O/c1-12(15-5-4-7-16-9-15)6-8-17-10-14(3)18-11-13(17)2/h12-16H,4-11H2,1-3H3. The van der Waals surface area contributed by atoms with Crippen molar-refractivity contribution in [3.8, 4) is 0 Å². The van der Waals surface area contributed by atoms with Gasteiger partial charge in [-0.1, -0.05) is 6.92 Å². The van der Waals surface area contributed by atoms with E-state index >= 15 is 0 Å². The van der Waals surface area contributed by atoms with E-state index in [9.17, 15) is 0 Å². The van der Waals surface area contributed by atoms with Crippen LogP contribution in [0.15, 0.2) is 0 Å². The Bertz CT molecular complexity index is 241. The quantitative estimate of drug-likeness (QED) is 0.832. The highest BCUT2D eigenvalue weighted by molar-refractivity contribution is 4.78. The minimum absolute atomic E-state index is 0.410. The van der Waals surface area contributed by atoms with Crippen LogP contribution in [0.25, 0.3) is 0 Å². The second-order valence-corrected chi connectivity index (χ2v) is 6.36. The van der Waals surface area contributed by atoms with Gasteiger partial charge in [0.15, 0.2) is 0 Å². The first-order valence-corrected chi connectivity index (χ1v) is 7.73. The number of ether oxygens (including phenoxy) is 1. The van der Waals surface area contributed by atoms with Gasteiger partial charge in [-0.3, -0.25) is 4.90 Å². The molecule has 0 aromatic heterocycles. The lowest BCUT2D eigenvalue weighted by molar-refractivity contribution is -0.0512. The number of rotatable bonds is 4. The Hall–Kier alpha value is -0.120. The number of nitrogens with zero attached hydrogens (tertiary/aromatic N) is 1. The van der Waals surface area contributed by atoms with Gasteiger partial charge in [0.2, 0.25) is 0 Å². The van der Waals surface area contributed by atoms with Gasteiger partial charge in [0.1, 0.15) is 0 Å². The molecule has 2 saturated heterocycles. The summed E-state index contributed by atoms with van der Waals surface area (Å²) in [7, 11) is 0. The van der Waals surface area contributed by atoms with Crippen molar-refractivity contribution < 1.29 is 4.74 Å². The van der Waals surface area contributed by atoms with Crippen molar-refractivity contribution in [1.82, 2.24) is 10.2 Å². The third-order valence-electron chi connectivity index (χ3n) is 4.75. The Balaban J connectivity index is 1.72. The van der Waals surface area contributed by atoms with Gasteiger partial charge in [-0.15, -0.1) is 0 Å². The van der Waals surface area contributed by atoms with Crippen molar-refractivity contribution >= 4 is 0 Å². The van der Waals surface area contributed by atoms with Crippen LogP contribution >= 0.6 is 0 Å². The van der Waals surface area contributed by atoms with Crippen molar-refractivity contribution in [1.29, 1.82) is 0 Å². The molecule has 1 N–H and O–H groups in total. The summed E-state index contributed by atoms with van der Waals surface area (Å²) in [6.07, 6.45) is 4.53. The first-order valence-electron chi connectivity index (χ1n) is 7.73. The minimum atomic E-state index is 0.410. The zero-order valence-electron chi connectivity index (χ0n) is 12.3. The van der Waals surface area contributed by atoms with Crippen molar-refractivity contribution in [3.63, 3.8) is 0 Å². The maximum absolute atomic E-state index is 5.69. The highest BCUT2D eigenvalue weighted by Crippen LogP contribution is 2.23. The molecule has 0 amide bonds. The lowest BCUT2D eigenvalue weighted by Crippen LogP contribution is -2.48. The summed E-state index contributed by atoms with van der Waals surface area (Å²) < 4.78 is 5.69.